The number of rotatable bonds is 6. The van der Waals surface area contributed by atoms with Gasteiger partial charge in [-0.2, -0.15) is 0 Å². The van der Waals surface area contributed by atoms with Crippen molar-refractivity contribution in [3.05, 3.63) is 53.3 Å². The first-order chi connectivity index (χ1) is 12.6. The molecule has 1 atom stereocenters. The lowest BCUT2D eigenvalue weighted by molar-refractivity contribution is -0.121. The third-order valence-corrected chi connectivity index (χ3v) is 5.58. The van der Waals surface area contributed by atoms with Gasteiger partial charge in [-0.25, -0.2) is 4.39 Å². The maximum Gasteiger partial charge on any atom is 0.220 e. The zero-order valence-corrected chi connectivity index (χ0v) is 15.7. The number of carbonyl (C=O) groups excluding carboxylic acids is 1. The van der Waals surface area contributed by atoms with Gasteiger partial charge in [0.25, 0.3) is 0 Å². The average molecular weight is 375 g/mol. The zero-order valence-electron chi connectivity index (χ0n) is 14.9. The van der Waals surface area contributed by atoms with E-state index in [1.54, 1.807) is 32.0 Å². The summed E-state index contributed by atoms with van der Waals surface area (Å²) in [5.41, 5.74) is 1.79. The van der Waals surface area contributed by atoms with Crippen molar-refractivity contribution < 1.29 is 18.7 Å². The maximum absolute atomic E-state index is 13.6. The number of ether oxygens (including phenoxy) is 2. The van der Waals surface area contributed by atoms with Gasteiger partial charge in [-0.15, -0.1) is 11.8 Å². The van der Waals surface area contributed by atoms with Crippen LogP contribution in [0.4, 0.5) is 4.39 Å². The minimum absolute atomic E-state index is 0.0537. The smallest absolute Gasteiger partial charge is 0.220 e. The Kier molecular flexibility index (Phi) is 6.04. The second kappa shape index (κ2) is 8.45. The van der Waals surface area contributed by atoms with Gasteiger partial charge in [-0.3, -0.25) is 4.79 Å². The summed E-state index contributed by atoms with van der Waals surface area (Å²) in [6.45, 7) is 0. The minimum Gasteiger partial charge on any atom is -0.497 e. The van der Waals surface area contributed by atoms with Crippen molar-refractivity contribution >= 4 is 17.7 Å². The molecule has 0 radical (unpaired) electrons. The van der Waals surface area contributed by atoms with Crippen LogP contribution < -0.4 is 14.8 Å². The first-order valence-electron chi connectivity index (χ1n) is 8.53. The van der Waals surface area contributed by atoms with E-state index in [9.17, 15) is 9.18 Å². The molecule has 1 heterocycles. The standard InChI is InChI=1S/C20H22FNO3S/c1-24-15-5-6-18(25-2)13(11-15)3-8-20(23)22-17-9-10-26-19-7-4-14(21)12-16(17)19/h4-7,11-12,17H,3,8-10H2,1-2H3,(H,22,23). The summed E-state index contributed by atoms with van der Waals surface area (Å²) in [6.07, 6.45) is 1.68. The van der Waals surface area contributed by atoms with Crippen LogP contribution in [0, 0.1) is 5.82 Å². The number of nitrogens with one attached hydrogen (secondary N) is 1. The second-order valence-corrected chi connectivity index (χ2v) is 7.25. The molecule has 0 fully saturated rings. The van der Waals surface area contributed by atoms with Gasteiger partial charge in [0, 0.05) is 17.1 Å². The number of halogens is 1. The zero-order chi connectivity index (χ0) is 18.5. The molecule has 0 aliphatic carbocycles. The highest BCUT2D eigenvalue weighted by molar-refractivity contribution is 7.99. The monoisotopic (exact) mass is 375 g/mol. The van der Waals surface area contributed by atoms with E-state index < -0.39 is 0 Å². The van der Waals surface area contributed by atoms with Crippen LogP contribution in [0.15, 0.2) is 41.3 Å². The predicted molar refractivity (Wildman–Crippen MR) is 100 cm³/mol. The Hall–Kier alpha value is -2.21. The number of benzene rings is 2. The fourth-order valence-electron chi connectivity index (χ4n) is 3.11. The second-order valence-electron chi connectivity index (χ2n) is 6.12. The normalized spacial score (nSPS) is 15.9. The highest BCUT2D eigenvalue weighted by Gasteiger charge is 2.23. The van der Waals surface area contributed by atoms with Crippen molar-refractivity contribution in [1.82, 2.24) is 5.32 Å². The van der Waals surface area contributed by atoms with Gasteiger partial charge in [-0.05, 0) is 60.4 Å². The molecule has 1 unspecified atom stereocenters. The Balaban J connectivity index is 1.65. The van der Waals surface area contributed by atoms with E-state index in [2.05, 4.69) is 5.32 Å². The highest BCUT2D eigenvalue weighted by atomic mass is 32.2. The Morgan fingerprint density at radius 2 is 2.08 bits per heavy atom. The molecule has 138 valence electrons. The van der Waals surface area contributed by atoms with Gasteiger partial charge in [-0.1, -0.05) is 0 Å². The lowest BCUT2D eigenvalue weighted by Gasteiger charge is -2.26. The molecule has 2 aromatic carbocycles. The first kappa shape index (κ1) is 18.6. The molecule has 0 spiro atoms. The summed E-state index contributed by atoms with van der Waals surface area (Å²) in [5.74, 6) is 2.05. The van der Waals surface area contributed by atoms with Crippen LogP contribution in [0.3, 0.4) is 0 Å². The summed E-state index contributed by atoms with van der Waals surface area (Å²) in [7, 11) is 3.21. The van der Waals surface area contributed by atoms with E-state index in [4.69, 9.17) is 9.47 Å². The highest BCUT2D eigenvalue weighted by Crippen LogP contribution is 2.36. The Morgan fingerprint density at radius 3 is 2.85 bits per heavy atom. The number of methoxy groups -OCH3 is 2. The lowest BCUT2D eigenvalue weighted by Crippen LogP contribution is -2.30. The minimum atomic E-state index is -0.272. The largest absolute Gasteiger partial charge is 0.497 e. The molecule has 26 heavy (non-hydrogen) atoms. The topological polar surface area (TPSA) is 47.6 Å². The van der Waals surface area contributed by atoms with E-state index in [0.29, 0.717) is 12.8 Å². The molecule has 3 rings (SSSR count). The van der Waals surface area contributed by atoms with Crippen LogP contribution in [-0.4, -0.2) is 25.9 Å². The number of carbonyl (C=O) groups is 1. The molecule has 4 nitrogen and oxygen atoms in total. The van der Waals surface area contributed by atoms with E-state index in [0.717, 1.165) is 39.7 Å². The Bertz CT molecular complexity index is 797. The van der Waals surface area contributed by atoms with Crippen LogP contribution in [0.25, 0.3) is 0 Å². The lowest BCUT2D eigenvalue weighted by atomic mass is 10.0. The van der Waals surface area contributed by atoms with Crippen LogP contribution >= 0.6 is 11.8 Å². The fraction of sp³-hybridized carbons (Fsp3) is 0.350. The van der Waals surface area contributed by atoms with E-state index >= 15 is 0 Å². The molecule has 1 amide bonds. The van der Waals surface area contributed by atoms with Crippen LogP contribution in [0.1, 0.15) is 30.0 Å². The fourth-order valence-corrected chi connectivity index (χ4v) is 4.21. The van der Waals surface area contributed by atoms with Gasteiger partial charge < -0.3 is 14.8 Å². The molecule has 1 N–H and O–H groups in total. The Labute approximate surface area is 157 Å². The molecule has 0 saturated heterocycles. The third kappa shape index (κ3) is 4.30. The summed E-state index contributed by atoms with van der Waals surface area (Å²) < 4.78 is 24.2. The van der Waals surface area contributed by atoms with Gasteiger partial charge >= 0.3 is 0 Å². The van der Waals surface area contributed by atoms with Crippen molar-refractivity contribution in [2.24, 2.45) is 0 Å². The van der Waals surface area contributed by atoms with Crippen molar-refractivity contribution in [2.45, 2.75) is 30.2 Å². The average Bonchev–Trinajstić information content (AvgIpc) is 2.66. The van der Waals surface area contributed by atoms with Crippen LogP contribution in [0.5, 0.6) is 11.5 Å². The SMILES string of the molecule is COc1ccc(OC)c(CCC(=O)NC2CCSc3ccc(F)cc32)c1. The van der Waals surface area contributed by atoms with Gasteiger partial charge in [0.1, 0.15) is 17.3 Å². The predicted octanol–water partition coefficient (Wildman–Crippen LogP) is 4.13. The summed E-state index contributed by atoms with van der Waals surface area (Å²) in [5, 5.41) is 3.05. The Morgan fingerprint density at radius 1 is 1.23 bits per heavy atom. The van der Waals surface area contributed by atoms with Crippen LogP contribution in [0.2, 0.25) is 0 Å². The molecule has 1 aliphatic rings. The molecule has 6 heteroatoms. The van der Waals surface area contributed by atoms with Crippen molar-refractivity contribution in [3.63, 3.8) is 0 Å². The molecular weight excluding hydrogens is 353 g/mol. The summed E-state index contributed by atoms with van der Waals surface area (Å²) >= 11 is 1.70. The van der Waals surface area contributed by atoms with Crippen LogP contribution in [-0.2, 0) is 11.2 Å². The molecule has 0 bridgehead atoms. The number of thioether (sulfide) groups is 1. The molecule has 0 aromatic heterocycles. The maximum atomic E-state index is 13.6. The van der Waals surface area contributed by atoms with Crippen molar-refractivity contribution in [1.29, 1.82) is 0 Å². The van der Waals surface area contributed by atoms with E-state index in [1.165, 1.54) is 12.1 Å². The van der Waals surface area contributed by atoms with E-state index in [-0.39, 0.29) is 17.8 Å². The van der Waals surface area contributed by atoms with Gasteiger partial charge in [0.2, 0.25) is 5.91 Å². The van der Waals surface area contributed by atoms with Crippen molar-refractivity contribution in [3.8, 4) is 11.5 Å². The van der Waals surface area contributed by atoms with Gasteiger partial charge in [0.05, 0.1) is 20.3 Å². The molecule has 1 aliphatic heterocycles. The van der Waals surface area contributed by atoms with Crippen molar-refractivity contribution in [2.75, 3.05) is 20.0 Å². The summed E-state index contributed by atoms with van der Waals surface area (Å²) in [6, 6.07) is 10.2. The molecule has 0 saturated carbocycles. The number of amides is 1. The quantitative estimate of drug-likeness (QED) is 0.825. The first-order valence-corrected chi connectivity index (χ1v) is 9.52. The number of fused-ring (bicyclic) bond motifs is 1. The number of aryl methyl sites for hydroxylation is 1. The number of hydrogen-bond acceptors (Lipinski definition) is 4. The molecule has 2 aromatic rings. The number of hydrogen-bond donors (Lipinski definition) is 1. The summed E-state index contributed by atoms with van der Waals surface area (Å²) in [4.78, 5) is 13.5. The van der Waals surface area contributed by atoms with Gasteiger partial charge in [0.15, 0.2) is 0 Å². The molecular formula is C20H22FNO3S. The van der Waals surface area contributed by atoms with E-state index in [1.807, 2.05) is 18.2 Å². The third-order valence-electron chi connectivity index (χ3n) is 4.46.